The molecule has 1 aliphatic heterocycles. The Morgan fingerprint density at radius 3 is 2.50 bits per heavy atom. The lowest BCUT2D eigenvalue weighted by Crippen LogP contribution is -2.36. The highest BCUT2D eigenvalue weighted by Gasteiger charge is 2.16. The zero-order chi connectivity index (χ0) is 23.9. The molecule has 1 fully saturated rings. The summed E-state index contributed by atoms with van der Waals surface area (Å²) in [5.41, 5.74) is 2.55. The van der Waals surface area contributed by atoms with E-state index in [9.17, 15) is 9.59 Å². The van der Waals surface area contributed by atoms with Crippen LogP contribution in [-0.4, -0.2) is 66.8 Å². The molecule has 10 heteroatoms. The van der Waals surface area contributed by atoms with E-state index in [1.807, 2.05) is 24.3 Å². The highest BCUT2D eigenvalue weighted by Crippen LogP contribution is 2.20. The second kappa shape index (κ2) is 11.1. The summed E-state index contributed by atoms with van der Waals surface area (Å²) in [5, 5.41) is 7.39. The monoisotopic (exact) mass is 483 g/mol. The molecule has 0 aliphatic carbocycles. The van der Waals surface area contributed by atoms with Crippen molar-refractivity contribution in [3.05, 3.63) is 59.4 Å². The zero-order valence-electron chi connectivity index (χ0n) is 18.9. The number of anilines is 2. The van der Waals surface area contributed by atoms with E-state index < -0.39 is 0 Å². The first-order valence-corrected chi connectivity index (χ1v) is 11.4. The SMILES string of the molecule is CN(CC(=O)Nc1ccc(N2CCOCC2)cc1)C(=O)CCc1nc(-c2ccc(Cl)cc2)no1. The number of carbonyl (C=O) groups is 2. The average molecular weight is 484 g/mol. The van der Waals surface area contributed by atoms with Gasteiger partial charge in [-0.1, -0.05) is 16.8 Å². The van der Waals surface area contributed by atoms with E-state index in [0.717, 1.165) is 37.6 Å². The van der Waals surface area contributed by atoms with Gasteiger partial charge >= 0.3 is 0 Å². The van der Waals surface area contributed by atoms with Crippen molar-refractivity contribution in [2.24, 2.45) is 0 Å². The molecule has 1 saturated heterocycles. The molecule has 0 saturated carbocycles. The van der Waals surface area contributed by atoms with Gasteiger partial charge in [0.25, 0.3) is 0 Å². The smallest absolute Gasteiger partial charge is 0.243 e. The van der Waals surface area contributed by atoms with E-state index in [1.165, 1.54) is 4.90 Å². The van der Waals surface area contributed by atoms with Gasteiger partial charge in [0, 0.05) is 54.9 Å². The maximum atomic E-state index is 12.5. The number of morpholine rings is 1. The number of hydrogen-bond acceptors (Lipinski definition) is 7. The van der Waals surface area contributed by atoms with Crippen LogP contribution in [0.3, 0.4) is 0 Å². The molecule has 4 rings (SSSR count). The number of aromatic nitrogens is 2. The molecule has 2 amide bonds. The Morgan fingerprint density at radius 2 is 1.79 bits per heavy atom. The topological polar surface area (TPSA) is 101 Å². The van der Waals surface area contributed by atoms with Crippen LogP contribution in [0.25, 0.3) is 11.4 Å². The largest absolute Gasteiger partial charge is 0.378 e. The Kier molecular flexibility index (Phi) is 7.76. The highest BCUT2D eigenvalue weighted by atomic mass is 35.5. The van der Waals surface area contributed by atoms with Gasteiger partial charge in [-0.05, 0) is 48.5 Å². The van der Waals surface area contributed by atoms with Gasteiger partial charge in [0.15, 0.2) is 0 Å². The molecule has 0 spiro atoms. The number of likely N-dealkylation sites (N-methyl/N-ethyl adjacent to an activating group) is 1. The van der Waals surface area contributed by atoms with Gasteiger partial charge in [-0.25, -0.2) is 0 Å². The molecule has 0 atom stereocenters. The molecular weight excluding hydrogens is 458 g/mol. The number of rotatable bonds is 8. The van der Waals surface area contributed by atoms with Crippen LogP contribution in [0.15, 0.2) is 53.1 Å². The summed E-state index contributed by atoms with van der Waals surface area (Å²) < 4.78 is 10.6. The quantitative estimate of drug-likeness (QED) is 0.524. The van der Waals surface area contributed by atoms with Crippen molar-refractivity contribution in [1.29, 1.82) is 0 Å². The molecule has 0 radical (unpaired) electrons. The predicted octanol–water partition coefficient (Wildman–Crippen LogP) is 3.26. The van der Waals surface area contributed by atoms with Crippen LogP contribution in [-0.2, 0) is 20.7 Å². The summed E-state index contributed by atoms with van der Waals surface area (Å²) in [6, 6.07) is 14.7. The van der Waals surface area contributed by atoms with Gasteiger partial charge in [0.1, 0.15) is 0 Å². The average Bonchev–Trinajstić information content (AvgIpc) is 3.33. The molecule has 2 heterocycles. The molecule has 1 aromatic heterocycles. The van der Waals surface area contributed by atoms with Gasteiger partial charge < -0.3 is 24.4 Å². The third-order valence-electron chi connectivity index (χ3n) is 5.46. The zero-order valence-corrected chi connectivity index (χ0v) is 19.6. The van der Waals surface area contributed by atoms with Gasteiger partial charge in [-0.2, -0.15) is 4.98 Å². The van der Waals surface area contributed by atoms with E-state index in [0.29, 0.717) is 22.4 Å². The van der Waals surface area contributed by atoms with Crippen molar-refractivity contribution in [3.63, 3.8) is 0 Å². The number of hydrogen-bond donors (Lipinski definition) is 1. The maximum absolute atomic E-state index is 12.5. The predicted molar refractivity (Wildman–Crippen MR) is 129 cm³/mol. The highest BCUT2D eigenvalue weighted by molar-refractivity contribution is 6.30. The van der Waals surface area contributed by atoms with Crippen molar-refractivity contribution < 1.29 is 18.8 Å². The van der Waals surface area contributed by atoms with Crippen LogP contribution < -0.4 is 10.2 Å². The minimum Gasteiger partial charge on any atom is -0.378 e. The van der Waals surface area contributed by atoms with E-state index in [-0.39, 0.29) is 31.2 Å². The normalized spacial score (nSPS) is 13.5. The van der Waals surface area contributed by atoms with E-state index in [1.54, 1.807) is 31.3 Å². The first kappa shape index (κ1) is 23.7. The Hall–Kier alpha value is -3.43. The number of nitrogens with one attached hydrogen (secondary N) is 1. The molecule has 3 aromatic rings. The Morgan fingerprint density at radius 1 is 1.09 bits per heavy atom. The lowest BCUT2D eigenvalue weighted by Gasteiger charge is -2.28. The Bertz CT molecular complexity index is 1110. The number of aryl methyl sites for hydroxylation is 1. The maximum Gasteiger partial charge on any atom is 0.243 e. The molecule has 9 nitrogen and oxygen atoms in total. The number of nitrogens with zero attached hydrogens (tertiary/aromatic N) is 4. The van der Waals surface area contributed by atoms with Crippen LogP contribution in [0, 0.1) is 0 Å². The van der Waals surface area contributed by atoms with Crippen LogP contribution in [0.1, 0.15) is 12.3 Å². The molecule has 178 valence electrons. The lowest BCUT2D eigenvalue weighted by molar-refractivity contribution is -0.133. The molecule has 34 heavy (non-hydrogen) atoms. The fourth-order valence-corrected chi connectivity index (χ4v) is 3.68. The van der Waals surface area contributed by atoms with Crippen molar-refractivity contribution in [1.82, 2.24) is 15.0 Å². The second-order valence-corrected chi connectivity index (χ2v) is 8.40. The van der Waals surface area contributed by atoms with Crippen molar-refractivity contribution in [3.8, 4) is 11.4 Å². The molecule has 1 N–H and O–H groups in total. The molecule has 1 aliphatic rings. The number of ether oxygens (including phenoxy) is 1. The third kappa shape index (κ3) is 6.33. The first-order chi connectivity index (χ1) is 16.5. The number of halogens is 1. The fourth-order valence-electron chi connectivity index (χ4n) is 3.56. The number of carbonyl (C=O) groups excluding carboxylic acids is 2. The molecule has 0 unspecified atom stereocenters. The summed E-state index contributed by atoms with van der Waals surface area (Å²) in [4.78, 5) is 32.8. The molecule has 2 aromatic carbocycles. The summed E-state index contributed by atoms with van der Waals surface area (Å²) in [6.07, 6.45) is 0.439. The standard InChI is InChI=1S/C24H26ClN5O4/c1-29(16-21(31)26-19-6-8-20(9-7-19)30-12-14-33-15-13-30)23(32)11-10-22-27-24(28-34-22)17-2-4-18(25)5-3-17/h2-9H,10-16H2,1H3,(H,26,31). The van der Waals surface area contributed by atoms with Crippen molar-refractivity contribution in [2.45, 2.75) is 12.8 Å². The second-order valence-electron chi connectivity index (χ2n) is 7.96. The van der Waals surface area contributed by atoms with Crippen LogP contribution in [0.4, 0.5) is 11.4 Å². The minimum atomic E-state index is -0.266. The molecular formula is C24H26ClN5O4. The summed E-state index contributed by atoms with van der Waals surface area (Å²) in [5.74, 6) is 0.338. The Labute approximate surface area is 202 Å². The molecule has 0 bridgehead atoms. The summed E-state index contributed by atoms with van der Waals surface area (Å²) in [6.45, 7) is 3.09. The Balaban J connectivity index is 1.22. The third-order valence-corrected chi connectivity index (χ3v) is 5.71. The lowest BCUT2D eigenvalue weighted by atomic mass is 10.2. The summed E-state index contributed by atoms with van der Waals surface area (Å²) >= 11 is 5.89. The van der Waals surface area contributed by atoms with Crippen LogP contribution in [0.5, 0.6) is 0 Å². The van der Waals surface area contributed by atoms with Crippen molar-refractivity contribution >= 4 is 34.8 Å². The first-order valence-electron chi connectivity index (χ1n) is 11.0. The van der Waals surface area contributed by atoms with Gasteiger partial charge in [0.2, 0.25) is 23.5 Å². The summed E-state index contributed by atoms with van der Waals surface area (Å²) in [7, 11) is 1.59. The van der Waals surface area contributed by atoms with Gasteiger partial charge in [-0.15, -0.1) is 0 Å². The van der Waals surface area contributed by atoms with Gasteiger partial charge in [-0.3, -0.25) is 9.59 Å². The van der Waals surface area contributed by atoms with Crippen LogP contribution >= 0.6 is 11.6 Å². The van der Waals surface area contributed by atoms with E-state index >= 15 is 0 Å². The van der Waals surface area contributed by atoms with E-state index in [2.05, 4.69) is 20.4 Å². The van der Waals surface area contributed by atoms with Crippen molar-refractivity contribution in [2.75, 3.05) is 50.1 Å². The van der Waals surface area contributed by atoms with E-state index in [4.69, 9.17) is 20.9 Å². The number of amides is 2. The fraction of sp³-hybridized carbons (Fsp3) is 0.333. The van der Waals surface area contributed by atoms with Gasteiger partial charge in [0.05, 0.1) is 19.8 Å². The van der Waals surface area contributed by atoms with Crippen LogP contribution in [0.2, 0.25) is 5.02 Å². The minimum absolute atomic E-state index is 0.0517. The number of benzene rings is 2.